The van der Waals surface area contributed by atoms with E-state index in [2.05, 4.69) is 31.9 Å². The quantitative estimate of drug-likeness (QED) is 0.0356. The van der Waals surface area contributed by atoms with Gasteiger partial charge in [0.15, 0.2) is 0 Å². The van der Waals surface area contributed by atoms with Crippen LogP contribution in [0.2, 0.25) is 0 Å². The van der Waals surface area contributed by atoms with Gasteiger partial charge < -0.3 is 73.6 Å². The van der Waals surface area contributed by atoms with E-state index in [1.807, 2.05) is 13.8 Å². The summed E-state index contributed by atoms with van der Waals surface area (Å²) in [6, 6.07) is -11.6. The monoisotopic (exact) mass is 969 g/mol. The molecule has 0 aromatic rings. The van der Waals surface area contributed by atoms with Crippen LogP contribution in [0.3, 0.4) is 0 Å². The largest absolute Gasteiger partial charge is 0.480 e. The number of amides is 8. The van der Waals surface area contributed by atoms with Gasteiger partial charge in [-0.3, -0.25) is 38.4 Å². The molecule has 11 atom stereocenters. The molecule has 2 heterocycles. The highest BCUT2D eigenvalue weighted by Gasteiger charge is 2.42. The minimum atomic E-state index is -1.69. The van der Waals surface area contributed by atoms with Gasteiger partial charge in [0.05, 0.1) is 24.9 Å². The fraction of sp³-hybridized carbons (Fsp3) is 0.800. The molecule has 2 aliphatic rings. The molecule has 23 nitrogen and oxygen atoms in total. The van der Waals surface area contributed by atoms with E-state index in [0.717, 1.165) is 4.90 Å². The van der Waals surface area contributed by atoms with Gasteiger partial charge in [0, 0.05) is 13.1 Å². The Bertz CT molecular complexity index is 1730. The highest BCUT2D eigenvalue weighted by Crippen LogP contribution is 2.22. The number of aliphatic carboxylic acids is 1. The van der Waals surface area contributed by atoms with E-state index >= 15 is 0 Å². The highest BCUT2D eigenvalue weighted by molar-refractivity contribution is 5.98. The van der Waals surface area contributed by atoms with E-state index < -0.39 is 126 Å². The van der Waals surface area contributed by atoms with Gasteiger partial charge in [0.2, 0.25) is 47.3 Å². The first kappa shape index (κ1) is 59.2. The van der Waals surface area contributed by atoms with Crippen LogP contribution < -0.4 is 43.4 Å². The first-order valence-electron chi connectivity index (χ1n) is 23.9. The molecule has 0 aliphatic carbocycles. The number of carboxylic acid groups (broad SMARTS) is 1. The Labute approximate surface area is 399 Å². The Kier molecular flexibility index (Phi) is 24.8. The molecule has 2 fully saturated rings. The minimum absolute atomic E-state index is 0.00409. The van der Waals surface area contributed by atoms with Gasteiger partial charge in [-0.05, 0) is 102 Å². The third-order valence-electron chi connectivity index (χ3n) is 11.9. The van der Waals surface area contributed by atoms with E-state index in [1.165, 1.54) is 18.7 Å². The average Bonchev–Trinajstić information content (AvgIpc) is 3.95. The second kappa shape index (κ2) is 28.5. The number of hydrogen-bond acceptors (Lipinski definition) is 14. The van der Waals surface area contributed by atoms with E-state index in [9.17, 15) is 63.6 Å². The lowest BCUT2D eigenvalue weighted by molar-refractivity contribution is -0.145. The molecule has 11 unspecified atom stereocenters. The van der Waals surface area contributed by atoms with E-state index in [-0.39, 0.29) is 56.5 Å². The molecule has 23 heteroatoms. The standard InChI is InChI=1S/C45H80N10O13/c1-23(2)19-28(47)43(65)54-17-11-15-34(54)40(62)53-36(27(8)58)42(64)50-31(21-25(5)6)38(60)52-35(26(7)57)41(63)49-30(20-24(3)4)37(59)51-32(22-56)44(66)55-18-12-14-33(55)39(61)48-29(45(67)68)13-9-10-16-46/h23-36,56-58H,9-22,46-47H2,1-8H3,(H,48,61)(H,49,63)(H,50,64)(H,51,59)(H,52,60)(H,53,62)(H,67,68). The van der Waals surface area contributed by atoms with Crippen LogP contribution in [0.5, 0.6) is 0 Å². The lowest BCUT2D eigenvalue weighted by Crippen LogP contribution is -2.63. The van der Waals surface area contributed by atoms with Gasteiger partial charge in [-0.25, -0.2) is 4.79 Å². The van der Waals surface area contributed by atoms with Crippen molar-refractivity contribution in [1.82, 2.24) is 41.7 Å². The summed E-state index contributed by atoms with van der Waals surface area (Å²) >= 11 is 0. The molecule has 0 bridgehead atoms. The highest BCUT2D eigenvalue weighted by atomic mass is 16.4. The number of hydrogen-bond donors (Lipinski definition) is 12. The molecule has 2 rings (SSSR count). The van der Waals surface area contributed by atoms with Crippen molar-refractivity contribution in [3.05, 3.63) is 0 Å². The van der Waals surface area contributed by atoms with Crippen LogP contribution in [-0.2, 0) is 43.2 Å². The lowest BCUT2D eigenvalue weighted by Gasteiger charge is -2.31. The zero-order chi connectivity index (χ0) is 51.6. The first-order valence-corrected chi connectivity index (χ1v) is 23.9. The summed E-state index contributed by atoms with van der Waals surface area (Å²) in [7, 11) is 0. The molecular weight excluding hydrogens is 889 g/mol. The zero-order valence-electron chi connectivity index (χ0n) is 41.0. The molecule has 0 spiro atoms. The number of carbonyl (C=O) groups excluding carboxylic acids is 8. The number of nitrogens with two attached hydrogens (primary N) is 2. The Hall–Kier alpha value is -4.97. The second-order valence-electron chi connectivity index (χ2n) is 19.4. The summed E-state index contributed by atoms with van der Waals surface area (Å²) < 4.78 is 0. The van der Waals surface area contributed by atoms with Gasteiger partial charge in [-0.15, -0.1) is 0 Å². The summed E-state index contributed by atoms with van der Waals surface area (Å²) in [6.07, 6.45) is -0.0832. The summed E-state index contributed by atoms with van der Waals surface area (Å²) in [5.41, 5.74) is 11.6. The van der Waals surface area contributed by atoms with Crippen LogP contribution in [-0.4, -0.2) is 176 Å². The number of aliphatic hydroxyl groups excluding tert-OH is 3. The van der Waals surface area contributed by atoms with Crippen LogP contribution in [0.4, 0.5) is 0 Å². The molecule has 68 heavy (non-hydrogen) atoms. The van der Waals surface area contributed by atoms with Crippen molar-refractivity contribution >= 4 is 53.2 Å². The van der Waals surface area contributed by atoms with Crippen molar-refractivity contribution in [1.29, 1.82) is 0 Å². The number of nitrogens with zero attached hydrogens (tertiary/aromatic N) is 2. The van der Waals surface area contributed by atoms with E-state index in [4.69, 9.17) is 11.5 Å². The Morgan fingerprint density at radius 1 is 0.559 bits per heavy atom. The molecule has 0 aromatic heterocycles. The van der Waals surface area contributed by atoms with Crippen molar-refractivity contribution in [2.24, 2.45) is 29.2 Å². The fourth-order valence-electron chi connectivity index (χ4n) is 8.35. The SMILES string of the molecule is CC(C)CC(N)C(=O)N1CCCC1C(=O)NC(C(=O)NC(CC(C)C)C(=O)NC(C(=O)NC(CC(C)C)C(=O)NC(CO)C(=O)N1CCCC1C(=O)NC(CCCCN)C(=O)O)C(C)O)C(C)O. The van der Waals surface area contributed by atoms with Gasteiger partial charge in [-0.1, -0.05) is 41.5 Å². The number of aliphatic hydroxyl groups is 3. The van der Waals surface area contributed by atoms with Gasteiger partial charge >= 0.3 is 5.97 Å². The molecule has 388 valence electrons. The number of carboxylic acids is 1. The Balaban J connectivity index is 2.23. The van der Waals surface area contributed by atoms with Crippen LogP contribution in [0.15, 0.2) is 0 Å². The number of nitrogens with one attached hydrogen (secondary N) is 6. The summed E-state index contributed by atoms with van der Waals surface area (Å²) in [6.45, 7) is 13.1. The summed E-state index contributed by atoms with van der Waals surface area (Å²) in [5, 5.41) is 56.3. The maximum atomic E-state index is 13.9. The minimum Gasteiger partial charge on any atom is -0.480 e. The number of unbranched alkanes of at least 4 members (excludes halogenated alkanes) is 1. The molecule has 0 aromatic carbocycles. The lowest BCUT2D eigenvalue weighted by atomic mass is 10.00. The van der Waals surface area contributed by atoms with Crippen molar-refractivity contribution in [2.75, 3.05) is 26.2 Å². The molecule has 14 N–H and O–H groups in total. The number of likely N-dealkylation sites (tertiary alicyclic amines) is 2. The first-order chi connectivity index (χ1) is 31.8. The van der Waals surface area contributed by atoms with Crippen LogP contribution in [0.25, 0.3) is 0 Å². The van der Waals surface area contributed by atoms with E-state index in [0.29, 0.717) is 45.1 Å². The van der Waals surface area contributed by atoms with Crippen molar-refractivity contribution in [2.45, 2.75) is 186 Å². The van der Waals surface area contributed by atoms with Crippen molar-refractivity contribution in [3.8, 4) is 0 Å². The van der Waals surface area contributed by atoms with Crippen LogP contribution in [0, 0.1) is 17.8 Å². The van der Waals surface area contributed by atoms with Gasteiger partial charge in [0.25, 0.3) is 0 Å². The molecule has 2 saturated heterocycles. The third-order valence-corrected chi connectivity index (χ3v) is 11.9. The Morgan fingerprint density at radius 3 is 1.41 bits per heavy atom. The fourth-order valence-corrected chi connectivity index (χ4v) is 8.35. The molecule has 0 radical (unpaired) electrons. The van der Waals surface area contributed by atoms with Crippen LogP contribution in [0.1, 0.15) is 120 Å². The normalized spacial score (nSPS) is 20.1. The molecule has 0 saturated carbocycles. The smallest absolute Gasteiger partial charge is 0.326 e. The van der Waals surface area contributed by atoms with Gasteiger partial charge in [-0.2, -0.15) is 0 Å². The third kappa shape index (κ3) is 18.2. The topological polar surface area (TPSA) is 365 Å². The van der Waals surface area contributed by atoms with E-state index in [1.54, 1.807) is 27.7 Å². The summed E-state index contributed by atoms with van der Waals surface area (Å²) in [5.74, 6) is -7.96. The maximum Gasteiger partial charge on any atom is 0.326 e. The van der Waals surface area contributed by atoms with Crippen LogP contribution >= 0.6 is 0 Å². The Morgan fingerprint density at radius 2 is 0.985 bits per heavy atom. The second-order valence-corrected chi connectivity index (χ2v) is 19.4. The average molecular weight is 969 g/mol. The number of rotatable bonds is 28. The predicted molar refractivity (Wildman–Crippen MR) is 248 cm³/mol. The molecule has 2 aliphatic heterocycles. The summed E-state index contributed by atoms with van der Waals surface area (Å²) in [4.78, 5) is 123. The molecule has 8 amide bonds. The maximum absolute atomic E-state index is 13.9. The number of carbonyl (C=O) groups is 9. The zero-order valence-corrected chi connectivity index (χ0v) is 41.0. The van der Waals surface area contributed by atoms with Gasteiger partial charge in [0.1, 0.15) is 48.3 Å². The van der Waals surface area contributed by atoms with Crippen molar-refractivity contribution in [3.63, 3.8) is 0 Å². The predicted octanol–water partition coefficient (Wildman–Crippen LogP) is -2.69. The molecular formula is C45H80N10O13. The van der Waals surface area contributed by atoms with Crippen molar-refractivity contribution < 1.29 is 63.6 Å².